The molecule has 4 heteroatoms. The molecule has 2 rings (SSSR count). The van der Waals surface area contributed by atoms with E-state index in [1.807, 2.05) is 35.2 Å². The maximum Gasteiger partial charge on any atom is 0.224 e. The number of para-hydroxylation sites is 1. The van der Waals surface area contributed by atoms with Gasteiger partial charge in [-0.2, -0.15) is 0 Å². The summed E-state index contributed by atoms with van der Waals surface area (Å²) in [5, 5.41) is 2.95. The van der Waals surface area contributed by atoms with Gasteiger partial charge in [-0.05, 0) is 28.5 Å². The van der Waals surface area contributed by atoms with Crippen LogP contribution in [0.3, 0.4) is 0 Å². The Morgan fingerprint density at radius 3 is 1.96 bits per heavy atom. The summed E-state index contributed by atoms with van der Waals surface area (Å²) in [6.45, 7) is 11.0. The Labute approximate surface area is 169 Å². The molecule has 2 aromatic carbocycles. The van der Waals surface area contributed by atoms with Crippen molar-refractivity contribution in [3.8, 4) is 0 Å². The fourth-order valence-electron chi connectivity index (χ4n) is 3.40. The number of nitrogens with zero attached hydrogens (tertiary/aromatic N) is 1. The molecule has 0 saturated carbocycles. The Bertz CT molecular complexity index is 771. The van der Waals surface area contributed by atoms with Crippen molar-refractivity contribution in [2.45, 2.75) is 52.9 Å². The SMILES string of the molecule is CC(=O)N(CCNC(=O)Cc1ccccc1)c1c(C(C)C)cccc1C(C)C. The summed E-state index contributed by atoms with van der Waals surface area (Å²) < 4.78 is 0. The quantitative estimate of drug-likeness (QED) is 0.725. The number of amides is 2. The first-order valence-corrected chi connectivity index (χ1v) is 10.0. The van der Waals surface area contributed by atoms with Gasteiger partial charge in [0.05, 0.1) is 12.1 Å². The molecule has 2 aromatic rings. The predicted octanol–water partition coefficient (Wildman–Crippen LogP) is 4.65. The molecule has 0 aliphatic carbocycles. The van der Waals surface area contributed by atoms with E-state index in [1.165, 1.54) is 0 Å². The number of nitrogens with one attached hydrogen (secondary N) is 1. The molecule has 0 bridgehead atoms. The Morgan fingerprint density at radius 1 is 0.893 bits per heavy atom. The molecule has 4 nitrogen and oxygen atoms in total. The number of benzene rings is 2. The average Bonchev–Trinajstić information content (AvgIpc) is 2.65. The summed E-state index contributed by atoms with van der Waals surface area (Å²) in [7, 11) is 0. The van der Waals surface area contributed by atoms with Crippen LogP contribution < -0.4 is 10.2 Å². The van der Waals surface area contributed by atoms with Crippen LogP contribution in [0.5, 0.6) is 0 Å². The third-order valence-corrected chi connectivity index (χ3v) is 4.86. The van der Waals surface area contributed by atoms with Crippen molar-refractivity contribution in [1.29, 1.82) is 0 Å². The molecule has 0 atom stereocenters. The molecule has 0 aromatic heterocycles. The van der Waals surface area contributed by atoms with Gasteiger partial charge in [0.1, 0.15) is 0 Å². The van der Waals surface area contributed by atoms with Crippen molar-refractivity contribution in [2.24, 2.45) is 0 Å². The summed E-state index contributed by atoms with van der Waals surface area (Å²) in [6.07, 6.45) is 0.348. The fraction of sp³-hybridized carbons (Fsp3) is 0.417. The number of carbonyl (C=O) groups excluding carboxylic acids is 2. The Balaban J connectivity index is 2.14. The first-order chi connectivity index (χ1) is 13.3. The monoisotopic (exact) mass is 380 g/mol. The minimum atomic E-state index is -0.0315. The lowest BCUT2D eigenvalue weighted by Crippen LogP contribution is -2.39. The topological polar surface area (TPSA) is 49.4 Å². The molecule has 0 fully saturated rings. The summed E-state index contributed by atoms with van der Waals surface area (Å²) in [5.74, 6) is 0.578. The Hall–Kier alpha value is -2.62. The largest absolute Gasteiger partial charge is 0.354 e. The number of carbonyl (C=O) groups is 2. The molecule has 0 unspecified atom stereocenters. The van der Waals surface area contributed by atoms with Crippen molar-refractivity contribution in [2.75, 3.05) is 18.0 Å². The Morgan fingerprint density at radius 2 is 1.46 bits per heavy atom. The minimum Gasteiger partial charge on any atom is -0.354 e. The zero-order valence-electron chi connectivity index (χ0n) is 17.7. The Kier molecular flexibility index (Phi) is 7.80. The van der Waals surface area contributed by atoms with Crippen LogP contribution in [-0.4, -0.2) is 24.9 Å². The van der Waals surface area contributed by atoms with Gasteiger partial charge < -0.3 is 10.2 Å². The van der Waals surface area contributed by atoms with Crippen LogP contribution in [0.4, 0.5) is 5.69 Å². The van der Waals surface area contributed by atoms with Crippen molar-refractivity contribution < 1.29 is 9.59 Å². The molecule has 0 aliphatic heterocycles. The van der Waals surface area contributed by atoms with E-state index in [9.17, 15) is 9.59 Å². The van der Waals surface area contributed by atoms with Crippen LogP contribution in [-0.2, 0) is 16.0 Å². The molecule has 28 heavy (non-hydrogen) atoms. The van der Waals surface area contributed by atoms with E-state index in [2.05, 4.69) is 51.2 Å². The molecule has 0 radical (unpaired) electrons. The van der Waals surface area contributed by atoms with Crippen molar-refractivity contribution in [3.05, 3.63) is 65.2 Å². The van der Waals surface area contributed by atoms with Gasteiger partial charge in [0.15, 0.2) is 0 Å². The first kappa shape index (κ1) is 21.7. The van der Waals surface area contributed by atoms with Gasteiger partial charge >= 0.3 is 0 Å². The summed E-state index contributed by atoms with van der Waals surface area (Å²) >= 11 is 0. The molecule has 2 amide bonds. The highest BCUT2D eigenvalue weighted by Crippen LogP contribution is 2.35. The zero-order chi connectivity index (χ0) is 20.7. The van der Waals surface area contributed by atoms with E-state index in [4.69, 9.17) is 0 Å². The molecule has 0 heterocycles. The maximum atomic E-state index is 12.5. The van der Waals surface area contributed by atoms with Gasteiger partial charge in [0, 0.05) is 20.0 Å². The number of hydrogen-bond donors (Lipinski definition) is 1. The third kappa shape index (κ3) is 5.69. The summed E-state index contributed by atoms with van der Waals surface area (Å²) in [4.78, 5) is 26.5. The molecule has 0 aliphatic rings. The minimum absolute atomic E-state index is 0.00712. The van der Waals surface area contributed by atoms with Gasteiger partial charge in [-0.1, -0.05) is 76.2 Å². The van der Waals surface area contributed by atoms with E-state index >= 15 is 0 Å². The smallest absolute Gasteiger partial charge is 0.224 e. The molecule has 0 saturated heterocycles. The zero-order valence-corrected chi connectivity index (χ0v) is 17.7. The van der Waals surface area contributed by atoms with E-state index in [-0.39, 0.29) is 11.8 Å². The van der Waals surface area contributed by atoms with Crippen LogP contribution in [0.1, 0.15) is 63.1 Å². The van der Waals surface area contributed by atoms with E-state index in [0.717, 1.165) is 22.4 Å². The lowest BCUT2D eigenvalue weighted by molar-refractivity contribution is -0.121. The average molecular weight is 381 g/mol. The summed E-state index contributed by atoms with van der Waals surface area (Å²) in [6, 6.07) is 15.9. The first-order valence-electron chi connectivity index (χ1n) is 10.0. The van der Waals surface area contributed by atoms with Crippen LogP contribution in [0.25, 0.3) is 0 Å². The second kappa shape index (κ2) is 10.1. The van der Waals surface area contributed by atoms with Crippen LogP contribution in [0.2, 0.25) is 0 Å². The lowest BCUT2D eigenvalue weighted by atomic mass is 9.92. The van der Waals surface area contributed by atoms with Gasteiger partial charge in [-0.25, -0.2) is 0 Å². The highest BCUT2D eigenvalue weighted by Gasteiger charge is 2.22. The number of anilines is 1. The van der Waals surface area contributed by atoms with Crippen molar-refractivity contribution in [1.82, 2.24) is 5.32 Å². The van der Waals surface area contributed by atoms with Crippen LogP contribution in [0.15, 0.2) is 48.5 Å². The normalized spacial score (nSPS) is 11.0. The number of rotatable bonds is 8. The van der Waals surface area contributed by atoms with E-state index in [1.54, 1.807) is 6.92 Å². The molecular formula is C24H32N2O2. The molecular weight excluding hydrogens is 348 g/mol. The van der Waals surface area contributed by atoms with Crippen molar-refractivity contribution >= 4 is 17.5 Å². The van der Waals surface area contributed by atoms with Gasteiger partial charge in [0.25, 0.3) is 0 Å². The van der Waals surface area contributed by atoms with Gasteiger partial charge in [-0.15, -0.1) is 0 Å². The van der Waals surface area contributed by atoms with E-state index in [0.29, 0.717) is 31.3 Å². The third-order valence-electron chi connectivity index (χ3n) is 4.86. The molecule has 0 spiro atoms. The van der Waals surface area contributed by atoms with Gasteiger partial charge in [0.2, 0.25) is 11.8 Å². The number of hydrogen-bond acceptors (Lipinski definition) is 2. The maximum absolute atomic E-state index is 12.5. The lowest BCUT2D eigenvalue weighted by Gasteiger charge is -2.29. The van der Waals surface area contributed by atoms with Crippen molar-refractivity contribution in [3.63, 3.8) is 0 Å². The van der Waals surface area contributed by atoms with Crippen LogP contribution in [0, 0.1) is 0 Å². The standard InChI is InChI=1S/C24H32N2O2/c1-17(2)21-12-9-13-22(18(3)4)24(21)26(19(5)27)15-14-25-23(28)16-20-10-7-6-8-11-20/h6-13,17-18H,14-16H2,1-5H3,(H,25,28). The second-order valence-corrected chi connectivity index (χ2v) is 7.78. The molecule has 150 valence electrons. The molecule has 1 N–H and O–H groups in total. The van der Waals surface area contributed by atoms with E-state index < -0.39 is 0 Å². The fourth-order valence-corrected chi connectivity index (χ4v) is 3.40. The highest BCUT2D eigenvalue weighted by molar-refractivity contribution is 5.93. The second-order valence-electron chi connectivity index (χ2n) is 7.78. The predicted molar refractivity (Wildman–Crippen MR) is 116 cm³/mol. The van der Waals surface area contributed by atoms with Crippen LogP contribution >= 0.6 is 0 Å². The highest BCUT2D eigenvalue weighted by atomic mass is 16.2. The summed E-state index contributed by atoms with van der Waals surface area (Å²) in [5.41, 5.74) is 4.31. The van der Waals surface area contributed by atoms with Gasteiger partial charge in [-0.3, -0.25) is 9.59 Å².